The van der Waals surface area contributed by atoms with E-state index in [4.69, 9.17) is 9.88 Å². The molecule has 1 aromatic rings. The number of carbonyl (C=O) groups excluding carboxylic acids is 1. The average Bonchev–Trinajstić information content (AvgIpc) is 2.41. The minimum atomic E-state index is -3.94. The highest BCUT2D eigenvalue weighted by Gasteiger charge is 2.22. The number of sulfonamides is 1. The number of ether oxygens (including phenoxy) is 1. The molecule has 0 heterocycles. The Bertz CT molecular complexity index is 599. The number of benzene rings is 1. The molecular formula is C14H22N2O4S. The lowest BCUT2D eigenvalue weighted by molar-refractivity contribution is 0.0665. The van der Waals surface area contributed by atoms with Crippen molar-refractivity contribution in [1.82, 2.24) is 4.90 Å². The Morgan fingerprint density at radius 2 is 2.00 bits per heavy atom. The van der Waals surface area contributed by atoms with Gasteiger partial charge in [-0.1, -0.05) is 11.6 Å². The molecule has 0 fully saturated rings. The van der Waals surface area contributed by atoms with Crippen LogP contribution < -0.4 is 5.14 Å². The maximum Gasteiger partial charge on any atom is 0.255 e. The quantitative estimate of drug-likeness (QED) is 0.764. The molecular weight excluding hydrogens is 292 g/mol. The van der Waals surface area contributed by atoms with Crippen LogP contribution in [0.25, 0.3) is 0 Å². The molecule has 7 heteroatoms. The molecule has 0 atom stereocenters. The highest BCUT2D eigenvalue weighted by molar-refractivity contribution is 7.89. The molecule has 0 bridgehead atoms. The third kappa shape index (κ3) is 4.80. The number of likely N-dealkylation sites (N-methyl/N-ethyl adjacent to an activating group) is 1. The van der Waals surface area contributed by atoms with Gasteiger partial charge < -0.3 is 9.64 Å². The second-order valence-corrected chi connectivity index (χ2v) is 6.16. The van der Waals surface area contributed by atoms with E-state index in [0.717, 1.165) is 5.56 Å². The topological polar surface area (TPSA) is 89.7 Å². The smallest absolute Gasteiger partial charge is 0.255 e. The van der Waals surface area contributed by atoms with Crippen LogP contribution in [0, 0.1) is 6.92 Å². The average molecular weight is 314 g/mol. The Kier molecular flexibility index (Phi) is 6.32. The molecule has 6 nitrogen and oxygen atoms in total. The number of hydrogen-bond donors (Lipinski definition) is 1. The summed E-state index contributed by atoms with van der Waals surface area (Å²) < 4.78 is 28.5. The van der Waals surface area contributed by atoms with Gasteiger partial charge in [0.15, 0.2) is 0 Å². The molecule has 1 aromatic carbocycles. The van der Waals surface area contributed by atoms with E-state index in [-0.39, 0.29) is 16.4 Å². The summed E-state index contributed by atoms with van der Waals surface area (Å²) in [5, 5.41) is 5.19. The first-order valence-electron chi connectivity index (χ1n) is 6.81. The predicted molar refractivity (Wildman–Crippen MR) is 80.6 cm³/mol. The summed E-state index contributed by atoms with van der Waals surface area (Å²) in [6.07, 6.45) is 0. The first kappa shape index (κ1) is 17.6. The van der Waals surface area contributed by atoms with Crippen LogP contribution in [0.5, 0.6) is 0 Å². The van der Waals surface area contributed by atoms with Crippen LogP contribution in [0.2, 0.25) is 0 Å². The minimum absolute atomic E-state index is 0.107. The van der Waals surface area contributed by atoms with Crippen molar-refractivity contribution in [1.29, 1.82) is 0 Å². The summed E-state index contributed by atoms with van der Waals surface area (Å²) in [6.45, 7) is 7.34. The van der Waals surface area contributed by atoms with Crippen molar-refractivity contribution in [2.24, 2.45) is 5.14 Å². The number of carbonyl (C=O) groups is 1. The summed E-state index contributed by atoms with van der Waals surface area (Å²) in [7, 11) is -3.94. The lowest BCUT2D eigenvalue weighted by Gasteiger charge is -2.22. The standard InChI is InChI=1S/C14H22N2O4S/c1-4-16(8-9-20-5-2)14(17)12-10-11(3)6-7-13(12)21(15,18)19/h6-7,10H,4-5,8-9H2,1-3H3,(H2,15,18,19). The number of aryl methyl sites for hydroxylation is 1. The first-order chi connectivity index (χ1) is 9.81. The van der Waals surface area contributed by atoms with E-state index in [1.54, 1.807) is 24.0 Å². The fourth-order valence-electron chi connectivity index (χ4n) is 1.95. The number of hydrogen-bond acceptors (Lipinski definition) is 4. The zero-order chi connectivity index (χ0) is 16.0. The van der Waals surface area contributed by atoms with Crippen molar-refractivity contribution < 1.29 is 17.9 Å². The zero-order valence-corrected chi connectivity index (χ0v) is 13.4. The lowest BCUT2D eigenvalue weighted by atomic mass is 10.1. The van der Waals surface area contributed by atoms with Crippen LogP contribution >= 0.6 is 0 Å². The van der Waals surface area contributed by atoms with E-state index in [0.29, 0.717) is 26.3 Å². The van der Waals surface area contributed by atoms with Crippen LogP contribution in [0.15, 0.2) is 23.1 Å². The van der Waals surface area contributed by atoms with E-state index in [2.05, 4.69) is 0 Å². The molecule has 21 heavy (non-hydrogen) atoms. The van der Waals surface area contributed by atoms with E-state index in [1.807, 2.05) is 13.8 Å². The Morgan fingerprint density at radius 3 is 2.52 bits per heavy atom. The molecule has 0 aromatic heterocycles. The van der Waals surface area contributed by atoms with Gasteiger partial charge in [-0.25, -0.2) is 13.6 Å². The third-order valence-corrected chi connectivity index (χ3v) is 4.02. The first-order valence-corrected chi connectivity index (χ1v) is 8.36. The van der Waals surface area contributed by atoms with Crippen LogP contribution in [0.3, 0.4) is 0 Å². The molecule has 0 saturated heterocycles. The van der Waals surface area contributed by atoms with Gasteiger partial charge in [0, 0.05) is 19.7 Å². The van der Waals surface area contributed by atoms with Gasteiger partial charge in [0.05, 0.1) is 17.1 Å². The lowest BCUT2D eigenvalue weighted by Crippen LogP contribution is -2.35. The van der Waals surface area contributed by atoms with Crippen molar-refractivity contribution in [3.63, 3.8) is 0 Å². The van der Waals surface area contributed by atoms with Gasteiger partial charge in [-0.15, -0.1) is 0 Å². The van der Waals surface area contributed by atoms with Crippen molar-refractivity contribution >= 4 is 15.9 Å². The van der Waals surface area contributed by atoms with Crippen LogP contribution in [-0.2, 0) is 14.8 Å². The summed E-state index contributed by atoms with van der Waals surface area (Å²) >= 11 is 0. The molecule has 1 rings (SSSR count). The van der Waals surface area contributed by atoms with Crippen LogP contribution in [-0.4, -0.2) is 45.5 Å². The van der Waals surface area contributed by atoms with E-state index < -0.39 is 10.0 Å². The van der Waals surface area contributed by atoms with Crippen molar-refractivity contribution in [2.45, 2.75) is 25.7 Å². The molecule has 2 N–H and O–H groups in total. The largest absolute Gasteiger partial charge is 0.380 e. The maximum absolute atomic E-state index is 12.5. The fourth-order valence-corrected chi connectivity index (χ4v) is 2.66. The normalized spacial score (nSPS) is 11.4. The number of primary sulfonamides is 1. The van der Waals surface area contributed by atoms with E-state index in [1.165, 1.54) is 6.07 Å². The molecule has 0 saturated carbocycles. The molecule has 1 amide bonds. The van der Waals surface area contributed by atoms with E-state index in [9.17, 15) is 13.2 Å². The molecule has 0 aliphatic heterocycles. The summed E-state index contributed by atoms with van der Waals surface area (Å²) in [4.78, 5) is 13.9. The van der Waals surface area contributed by atoms with Gasteiger partial charge in [-0.3, -0.25) is 4.79 Å². The molecule has 0 aliphatic carbocycles. The predicted octanol–water partition coefficient (Wildman–Crippen LogP) is 1.14. The van der Waals surface area contributed by atoms with Crippen LogP contribution in [0.1, 0.15) is 29.8 Å². The van der Waals surface area contributed by atoms with Gasteiger partial charge in [-0.2, -0.15) is 0 Å². The molecule has 0 radical (unpaired) electrons. The van der Waals surface area contributed by atoms with Gasteiger partial charge in [0.1, 0.15) is 0 Å². The summed E-state index contributed by atoms with van der Waals surface area (Å²) in [5.74, 6) is -0.357. The van der Waals surface area contributed by atoms with Gasteiger partial charge in [0.25, 0.3) is 5.91 Å². The highest BCUT2D eigenvalue weighted by atomic mass is 32.2. The van der Waals surface area contributed by atoms with Crippen LogP contribution in [0.4, 0.5) is 0 Å². The van der Waals surface area contributed by atoms with Gasteiger partial charge in [-0.05, 0) is 32.9 Å². The third-order valence-electron chi connectivity index (χ3n) is 3.05. The zero-order valence-electron chi connectivity index (χ0n) is 12.6. The number of amides is 1. The second-order valence-electron chi connectivity index (χ2n) is 4.63. The molecule has 0 aliphatic rings. The van der Waals surface area contributed by atoms with Crippen molar-refractivity contribution in [2.75, 3.05) is 26.3 Å². The summed E-state index contributed by atoms with van der Waals surface area (Å²) in [5.41, 5.74) is 0.905. The Hall–Kier alpha value is -1.44. The molecule has 118 valence electrons. The van der Waals surface area contributed by atoms with Gasteiger partial charge in [0.2, 0.25) is 10.0 Å². The van der Waals surface area contributed by atoms with Crippen molar-refractivity contribution in [3.05, 3.63) is 29.3 Å². The van der Waals surface area contributed by atoms with E-state index >= 15 is 0 Å². The Morgan fingerprint density at radius 1 is 1.33 bits per heavy atom. The minimum Gasteiger partial charge on any atom is -0.380 e. The fraction of sp³-hybridized carbons (Fsp3) is 0.500. The van der Waals surface area contributed by atoms with Crippen molar-refractivity contribution in [3.8, 4) is 0 Å². The number of nitrogens with zero attached hydrogens (tertiary/aromatic N) is 1. The molecule has 0 spiro atoms. The highest BCUT2D eigenvalue weighted by Crippen LogP contribution is 2.18. The number of rotatable bonds is 7. The second kappa shape index (κ2) is 7.53. The maximum atomic E-state index is 12.5. The number of nitrogens with two attached hydrogens (primary N) is 1. The monoisotopic (exact) mass is 314 g/mol. The SMILES string of the molecule is CCOCCN(CC)C(=O)c1cc(C)ccc1S(N)(=O)=O. The Labute approximate surface area is 125 Å². The summed E-state index contributed by atoms with van der Waals surface area (Å²) in [6, 6.07) is 4.53. The molecule has 0 unspecified atom stereocenters. The van der Waals surface area contributed by atoms with Gasteiger partial charge >= 0.3 is 0 Å². The Balaban J connectivity index is 3.12.